The summed E-state index contributed by atoms with van der Waals surface area (Å²) >= 11 is 6.00. The summed E-state index contributed by atoms with van der Waals surface area (Å²) in [5.41, 5.74) is -0.240. The van der Waals surface area contributed by atoms with Crippen LogP contribution in [0.2, 0.25) is 5.02 Å². The van der Waals surface area contributed by atoms with Crippen molar-refractivity contribution in [3.8, 4) is 0 Å². The Morgan fingerprint density at radius 2 is 1.75 bits per heavy atom. The van der Waals surface area contributed by atoms with Crippen molar-refractivity contribution in [2.24, 2.45) is 5.92 Å². The molecule has 0 saturated heterocycles. The molecule has 8 heteroatoms. The van der Waals surface area contributed by atoms with E-state index in [0.717, 1.165) is 12.1 Å². The van der Waals surface area contributed by atoms with Gasteiger partial charge in [0.15, 0.2) is 0 Å². The van der Waals surface area contributed by atoms with Crippen molar-refractivity contribution < 1.29 is 22.8 Å². The molecular formula is C20H20ClF3N2O2. The lowest BCUT2D eigenvalue weighted by Gasteiger charge is -2.22. The van der Waals surface area contributed by atoms with Gasteiger partial charge in [-0.2, -0.15) is 13.2 Å². The van der Waals surface area contributed by atoms with Crippen LogP contribution < -0.4 is 10.6 Å². The van der Waals surface area contributed by atoms with Crippen LogP contribution in [0.15, 0.2) is 48.5 Å². The topological polar surface area (TPSA) is 58.2 Å². The Balaban J connectivity index is 2.06. The second-order valence-corrected chi connectivity index (χ2v) is 7.00. The van der Waals surface area contributed by atoms with Gasteiger partial charge in [0.05, 0.1) is 16.1 Å². The molecule has 1 atom stereocenters. The van der Waals surface area contributed by atoms with Crippen LogP contribution in [0.4, 0.5) is 13.2 Å². The van der Waals surface area contributed by atoms with Crippen molar-refractivity contribution in [3.63, 3.8) is 0 Å². The molecule has 4 nitrogen and oxygen atoms in total. The SMILES string of the molecule is CC(C)[C@H](NC(=O)c1ccccc1Cl)C(=O)NCc1cccc(C(F)(F)F)c1. The number of carbonyl (C=O) groups is 2. The highest BCUT2D eigenvalue weighted by molar-refractivity contribution is 6.33. The first-order chi connectivity index (χ1) is 13.1. The van der Waals surface area contributed by atoms with Gasteiger partial charge in [-0.3, -0.25) is 9.59 Å². The third kappa shape index (κ3) is 5.73. The molecule has 0 heterocycles. The van der Waals surface area contributed by atoms with Gasteiger partial charge in [0.1, 0.15) is 6.04 Å². The van der Waals surface area contributed by atoms with Gasteiger partial charge in [-0.05, 0) is 35.7 Å². The van der Waals surface area contributed by atoms with Gasteiger partial charge in [0, 0.05) is 6.54 Å². The van der Waals surface area contributed by atoms with Crippen LogP contribution >= 0.6 is 11.6 Å². The molecule has 150 valence electrons. The number of rotatable bonds is 6. The molecule has 0 aliphatic heterocycles. The maximum absolute atomic E-state index is 12.8. The van der Waals surface area contributed by atoms with Crippen molar-refractivity contribution in [2.75, 3.05) is 0 Å². The number of alkyl halides is 3. The molecule has 0 bridgehead atoms. The third-order valence-electron chi connectivity index (χ3n) is 4.08. The lowest BCUT2D eigenvalue weighted by molar-refractivity contribution is -0.137. The summed E-state index contributed by atoms with van der Waals surface area (Å²) < 4.78 is 38.4. The average molecular weight is 413 g/mol. The van der Waals surface area contributed by atoms with Gasteiger partial charge in [-0.25, -0.2) is 0 Å². The fraction of sp³-hybridized carbons (Fsp3) is 0.300. The number of hydrogen-bond donors (Lipinski definition) is 2. The van der Waals surface area contributed by atoms with Crippen LogP contribution in [0, 0.1) is 5.92 Å². The van der Waals surface area contributed by atoms with Gasteiger partial charge in [0.2, 0.25) is 5.91 Å². The minimum Gasteiger partial charge on any atom is -0.350 e. The maximum atomic E-state index is 12.8. The number of nitrogens with one attached hydrogen (secondary N) is 2. The van der Waals surface area contributed by atoms with Crippen molar-refractivity contribution in [2.45, 2.75) is 32.6 Å². The molecule has 2 aromatic rings. The van der Waals surface area contributed by atoms with Crippen molar-refractivity contribution in [3.05, 3.63) is 70.2 Å². The first-order valence-electron chi connectivity index (χ1n) is 8.59. The lowest BCUT2D eigenvalue weighted by Crippen LogP contribution is -2.49. The van der Waals surface area contributed by atoms with E-state index in [1.54, 1.807) is 32.0 Å². The van der Waals surface area contributed by atoms with E-state index in [2.05, 4.69) is 10.6 Å². The quantitative estimate of drug-likeness (QED) is 0.737. The fourth-order valence-corrected chi connectivity index (χ4v) is 2.78. The molecule has 0 aliphatic rings. The van der Waals surface area contributed by atoms with E-state index in [0.29, 0.717) is 5.56 Å². The van der Waals surface area contributed by atoms with Crippen LogP contribution in [0.5, 0.6) is 0 Å². The molecule has 0 aliphatic carbocycles. The molecule has 2 rings (SSSR count). The molecular weight excluding hydrogens is 393 g/mol. The van der Waals surface area contributed by atoms with E-state index in [1.807, 2.05) is 0 Å². The molecule has 0 spiro atoms. The second kappa shape index (κ2) is 9.10. The molecule has 2 aromatic carbocycles. The fourth-order valence-electron chi connectivity index (χ4n) is 2.56. The Bertz CT molecular complexity index is 853. The first-order valence-corrected chi connectivity index (χ1v) is 8.96. The molecule has 0 radical (unpaired) electrons. The van der Waals surface area contributed by atoms with Crippen molar-refractivity contribution >= 4 is 23.4 Å². The summed E-state index contributed by atoms with van der Waals surface area (Å²) in [6.07, 6.45) is -4.45. The molecule has 0 saturated carbocycles. The molecule has 2 N–H and O–H groups in total. The van der Waals surface area contributed by atoms with E-state index < -0.39 is 29.6 Å². The van der Waals surface area contributed by atoms with Crippen LogP contribution in [-0.4, -0.2) is 17.9 Å². The summed E-state index contributed by atoms with van der Waals surface area (Å²) in [5, 5.41) is 5.46. The Morgan fingerprint density at radius 1 is 1.07 bits per heavy atom. The number of carbonyl (C=O) groups excluding carboxylic acids is 2. The number of hydrogen-bond acceptors (Lipinski definition) is 2. The standard InChI is InChI=1S/C20H20ClF3N2O2/c1-12(2)17(26-18(27)15-8-3-4-9-16(15)21)19(28)25-11-13-6-5-7-14(10-13)20(22,23)24/h3-10,12,17H,11H2,1-2H3,(H,25,28)(H,26,27)/t17-/m0/s1. The van der Waals surface area contributed by atoms with Crippen LogP contribution in [0.25, 0.3) is 0 Å². The van der Waals surface area contributed by atoms with Crippen LogP contribution in [0.1, 0.15) is 35.3 Å². The van der Waals surface area contributed by atoms with Gasteiger partial charge in [-0.15, -0.1) is 0 Å². The van der Waals surface area contributed by atoms with Crippen LogP contribution in [-0.2, 0) is 17.5 Å². The Morgan fingerprint density at radius 3 is 2.36 bits per heavy atom. The molecule has 28 heavy (non-hydrogen) atoms. The molecule has 0 fully saturated rings. The zero-order valence-electron chi connectivity index (χ0n) is 15.3. The highest BCUT2D eigenvalue weighted by atomic mass is 35.5. The van der Waals surface area contributed by atoms with Crippen molar-refractivity contribution in [1.82, 2.24) is 10.6 Å². The summed E-state index contributed by atoms with van der Waals surface area (Å²) in [7, 11) is 0. The normalized spacial score (nSPS) is 12.5. The second-order valence-electron chi connectivity index (χ2n) is 6.59. The minimum atomic E-state index is -4.45. The maximum Gasteiger partial charge on any atom is 0.416 e. The average Bonchev–Trinajstić information content (AvgIpc) is 2.63. The smallest absolute Gasteiger partial charge is 0.350 e. The van der Waals surface area contributed by atoms with E-state index >= 15 is 0 Å². The zero-order chi connectivity index (χ0) is 20.9. The molecule has 0 unspecified atom stereocenters. The summed E-state index contributed by atoms with van der Waals surface area (Å²) in [6.45, 7) is 3.41. The van der Waals surface area contributed by atoms with Crippen molar-refractivity contribution in [1.29, 1.82) is 0 Å². The van der Waals surface area contributed by atoms with E-state index in [9.17, 15) is 22.8 Å². The van der Waals surface area contributed by atoms with E-state index in [1.165, 1.54) is 18.2 Å². The first kappa shape index (κ1) is 21.8. The summed E-state index contributed by atoms with van der Waals surface area (Å²) in [6, 6.07) is 10.3. The predicted molar refractivity (Wildman–Crippen MR) is 101 cm³/mol. The largest absolute Gasteiger partial charge is 0.416 e. The van der Waals surface area contributed by atoms with Crippen LogP contribution in [0.3, 0.4) is 0 Å². The Kier molecular flexibility index (Phi) is 7.07. The predicted octanol–water partition coefficient (Wildman–Crippen LogP) is 4.43. The highest BCUT2D eigenvalue weighted by Gasteiger charge is 2.30. The van der Waals surface area contributed by atoms with Gasteiger partial charge in [0.25, 0.3) is 5.91 Å². The molecule has 0 aromatic heterocycles. The van der Waals surface area contributed by atoms with E-state index in [-0.39, 0.29) is 23.0 Å². The lowest BCUT2D eigenvalue weighted by atomic mass is 10.0. The Hall–Kier alpha value is -2.54. The summed E-state index contributed by atoms with van der Waals surface area (Å²) in [5.74, 6) is -1.24. The Labute approximate surface area is 166 Å². The number of halogens is 4. The monoisotopic (exact) mass is 412 g/mol. The van der Waals surface area contributed by atoms with Gasteiger partial charge < -0.3 is 10.6 Å². The minimum absolute atomic E-state index is 0.0893. The zero-order valence-corrected chi connectivity index (χ0v) is 16.1. The highest BCUT2D eigenvalue weighted by Crippen LogP contribution is 2.29. The van der Waals surface area contributed by atoms with Gasteiger partial charge >= 0.3 is 6.18 Å². The van der Waals surface area contributed by atoms with E-state index in [4.69, 9.17) is 11.6 Å². The summed E-state index contributed by atoms with van der Waals surface area (Å²) in [4.78, 5) is 24.9. The molecule has 2 amide bonds. The van der Waals surface area contributed by atoms with Gasteiger partial charge in [-0.1, -0.05) is 49.7 Å². The number of amides is 2. The number of benzene rings is 2. The third-order valence-corrected chi connectivity index (χ3v) is 4.40.